The molecule has 0 spiro atoms. The van der Waals surface area contributed by atoms with Crippen molar-refractivity contribution >= 4 is 5.97 Å². The second-order valence-corrected chi connectivity index (χ2v) is 3.40. The van der Waals surface area contributed by atoms with Crippen molar-refractivity contribution in [1.82, 2.24) is 4.98 Å². The van der Waals surface area contributed by atoms with Crippen LogP contribution in [0.4, 0.5) is 0 Å². The van der Waals surface area contributed by atoms with E-state index in [1.165, 1.54) is 12.4 Å². The summed E-state index contributed by atoms with van der Waals surface area (Å²) in [6, 6.07) is 9.84. The number of hydrogen-bond donors (Lipinski definition) is 1. The van der Waals surface area contributed by atoms with E-state index >= 15 is 0 Å². The fraction of sp³-hybridized carbons (Fsp3) is 0.0833. The van der Waals surface area contributed by atoms with Crippen molar-refractivity contribution < 1.29 is 14.5 Å². The van der Waals surface area contributed by atoms with Crippen LogP contribution in [0, 0.1) is 0 Å². The highest BCUT2D eigenvalue weighted by Crippen LogP contribution is 1.97. The Morgan fingerprint density at radius 2 is 2.06 bits per heavy atom. The van der Waals surface area contributed by atoms with Crippen LogP contribution in [-0.4, -0.2) is 16.1 Å². The number of carboxylic acids is 1. The van der Waals surface area contributed by atoms with Gasteiger partial charge < -0.3 is 5.11 Å². The van der Waals surface area contributed by atoms with Gasteiger partial charge in [-0.15, -0.1) is 0 Å². The molecule has 0 radical (unpaired) electrons. The fourth-order valence-corrected chi connectivity index (χ4v) is 1.44. The molecule has 1 aromatic carbocycles. The Balaban J connectivity index is 2.22. The Hall–Kier alpha value is -2.23. The molecule has 1 heterocycles. The maximum atomic E-state index is 10.7. The lowest BCUT2D eigenvalue weighted by Crippen LogP contribution is -2.34. The van der Waals surface area contributed by atoms with Gasteiger partial charge in [0, 0.05) is 5.56 Å². The molecule has 1 aromatic heterocycles. The first kappa shape index (κ1) is 10.3. The van der Waals surface area contributed by atoms with Gasteiger partial charge in [0.1, 0.15) is 0 Å². The van der Waals surface area contributed by atoms with Gasteiger partial charge in [-0.1, -0.05) is 30.3 Å². The van der Waals surface area contributed by atoms with Crippen molar-refractivity contribution in [2.75, 3.05) is 0 Å². The third-order valence-electron chi connectivity index (χ3n) is 2.19. The number of nitrogens with zero attached hydrogens (tertiary/aromatic N) is 2. The minimum Gasteiger partial charge on any atom is -0.476 e. The first-order valence-electron chi connectivity index (χ1n) is 4.88. The van der Waals surface area contributed by atoms with Crippen LogP contribution in [0.25, 0.3) is 0 Å². The molecule has 0 saturated heterocycles. The summed E-state index contributed by atoms with van der Waals surface area (Å²) < 4.78 is 1.80. The normalized spacial score (nSPS) is 10.0. The van der Waals surface area contributed by atoms with Gasteiger partial charge in [0.2, 0.25) is 11.9 Å². The molecule has 0 aliphatic carbocycles. The molecule has 2 aromatic rings. The van der Waals surface area contributed by atoms with Crippen molar-refractivity contribution in [2.24, 2.45) is 0 Å². The van der Waals surface area contributed by atoms with Gasteiger partial charge in [-0.25, -0.2) is 9.78 Å². The molecule has 0 bridgehead atoms. The molecule has 2 rings (SSSR count). The highest BCUT2D eigenvalue weighted by atomic mass is 16.4. The van der Waals surface area contributed by atoms with Crippen LogP contribution in [0.3, 0.4) is 0 Å². The average Bonchev–Trinajstić information content (AvgIpc) is 2.30. The van der Waals surface area contributed by atoms with Crippen LogP contribution >= 0.6 is 0 Å². The highest BCUT2D eigenvalue weighted by molar-refractivity contribution is 5.84. The maximum absolute atomic E-state index is 10.7. The Morgan fingerprint density at radius 3 is 2.75 bits per heavy atom. The third-order valence-corrected chi connectivity index (χ3v) is 2.19. The van der Waals surface area contributed by atoms with Gasteiger partial charge in [0.25, 0.3) is 0 Å². The predicted octanol–water partition coefficient (Wildman–Crippen LogP) is 1.12. The van der Waals surface area contributed by atoms with Gasteiger partial charge in [-0.05, 0) is 0 Å². The summed E-state index contributed by atoms with van der Waals surface area (Å²) in [7, 11) is 0. The van der Waals surface area contributed by atoms with E-state index in [2.05, 4.69) is 4.98 Å². The van der Waals surface area contributed by atoms with Gasteiger partial charge in [0.05, 0.1) is 6.20 Å². The predicted molar refractivity (Wildman–Crippen MR) is 56.9 cm³/mol. The van der Waals surface area contributed by atoms with Crippen LogP contribution in [0.2, 0.25) is 0 Å². The van der Waals surface area contributed by atoms with E-state index in [1.54, 1.807) is 10.8 Å². The van der Waals surface area contributed by atoms with Crippen molar-refractivity contribution in [1.29, 1.82) is 0 Å². The summed E-state index contributed by atoms with van der Waals surface area (Å²) in [5, 5.41) is 8.80. The summed E-state index contributed by atoms with van der Waals surface area (Å²) in [4.78, 5) is 14.5. The molecular weight excluding hydrogens is 204 g/mol. The molecule has 1 N–H and O–H groups in total. The number of benzene rings is 1. The van der Waals surface area contributed by atoms with E-state index < -0.39 is 5.97 Å². The fourth-order valence-electron chi connectivity index (χ4n) is 1.44. The molecule has 0 fully saturated rings. The van der Waals surface area contributed by atoms with E-state index in [-0.39, 0.29) is 5.69 Å². The molecule has 0 atom stereocenters. The van der Waals surface area contributed by atoms with Gasteiger partial charge in [-0.2, -0.15) is 4.57 Å². The zero-order chi connectivity index (χ0) is 11.4. The van der Waals surface area contributed by atoms with Crippen molar-refractivity contribution in [2.45, 2.75) is 6.54 Å². The van der Waals surface area contributed by atoms with Crippen LogP contribution in [0.15, 0.2) is 48.9 Å². The average molecular weight is 215 g/mol. The molecule has 0 aliphatic heterocycles. The number of aromatic carboxylic acids is 1. The number of carboxylic acid groups (broad SMARTS) is 1. The molecule has 0 unspecified atom stereocenters. The number of rotatable bonds is 3. The molecule has 4 heteroatoms. The number of carbonyl (C=O) groups is 1. The van der Waals surface area contributed by atoms with E-state index in [0.29, 0.717) is 6.54 Å². The summed E-state index contributed by atoms with van der Waals surface area (Å²) in [5.41, 5.74) is 1.17. The van der Waals surface area contributed by atoms with Gasteiger partial charge in [-0.3, -0.25) is 0 Å². The minimum absolute atomic E-state index is 0.0541. The molecule has 0 aliphatic rings. The van der Waals surface area contributed by atoms with Crippen molar-refractivity contribution in [3.63, 3.8) is 0 Å². The molecule has 16 heavy (non-hydrogen) atoms. The second-order valence-electron chi connectivity index (χ2n) is 3.40. The SMILES string of the molecule is O=C(O)c1c[n+](Cc2ccccc2)ccn1. The van der Waals surface area contributed by atoms with Crippen molar-refractivity contribution in [3.8, 4) is 0 Å². The first-order valence-corrected chi connectivity index (χ1v) is 4.88. The molecule has 0 saturated carbocycles. The van der Waals surface area contributed by atoms with Crippen LogP contribution in [0.5, 0.6) is 0 Å². The second kappa shape index (κ2) is 4.53. The summed E-state index contributed by atoms with van der Waals surface area (Å²) in [6.07, 6.45) is 4.77. The summed E-state index contributed by atoms with van der Waals surface area (Å²) >= 11 is 0. The molecule has 80 valence electrons. The Labute approximate surface area is 92.8 Å². The Kier molecular flexibility index (Phi) is 2.91. The first-order chi connectivity index (χ1) is 7.75. The smallest absolute Gasteiger partial charge is 0.360 e. The third kappa shape index (κ3) is 2.42. The topological polar surface area (TPSA) is 54.1 Å². The minimum atomic E-state index is -1.01. The standard InChI is InChI=1S/C12H10N2O2/c15-12(16)11-9-14(7-6-13-11)8-10-4-2-1-3-5-10/h1-7,9H,8H2/p+1. The number of aromatic nitrogens is 2. The molecule has 4 nitrogen and oxygen atoms in total. The zero-order valence-corrected chi connectivity index (χ0v) is 8.58. The monoisotopic (exact) mass is 215 g/mol. The van der Waals surface area contributed by atoms with Crippen LogP contribution in [-0.2, 0) is 6.54 Å². The Bertz CT molecular complexity index is 497. The summed E-state index contributed by atoms with van der Waals surface area (Å²) in [5.74, 6) is -1.01. The maximum Gasteiger partial charge on any atom is 0.360 e. The lowest BCUT2D eigenvalue weighted by atomic mass is 10.2. The quantitative estimate of drug-likeness (QED) is 0.780. The van der Waals surface area contributed by atoms with Crippen LogP contribution in [0.1, 0.15) is 16.1 Å². The largest absolute Gasteiger partial charge is 0.476 e. The van der Waals surface area contributed by atoms with E-state index in [1.807, 2.05) is 30.3 Å². The molecular formula is C12H11N2O2+. The van der Waals surface area contributed by atoms with Crippen LogP contribution < -0.4 is 4.57 Å². The summed E-state index contributed by atoms with van der Waals surface area (Å²) in [6.45, 7) is 0.642. The molecule has 0 amide bonds. The highest BCUT2D eigenvalue weighted by Gasteiger charge is 2.10. The van der Waals surface area contributed by atoms with Gasteiger partial charge >= 0.3 is 5.97 Å². The number of hydrogen-bond acceptors (Lipinski definition) is 2. The van der Waals surface area contributed by atoms with E-state index in [4.69, 9.17) is 5.11 Å². The lowest BCUT2D eigenvalue weighted by molar-refractivity contribution is -0.689. The Morgan fingerprint density at radius 1 is 1.31 bits per heavy atom. The van der Waals surface area contributed by atoms with E-state index in [9.17, 15) is 4.79 Å². The van der Waals surface area contributed by atoms with Gasteiger partial charge in [0.15, 0.2) is 12.7 Å². The zero-order valence-electron chi connectivity index (χ0n) is 8.58. The van der Waals surface area contributed by atoms with Crippen molar-refractivity contribution in [3.05, 3.63) is 60.2 Å². The van der Waals surface area contributed by atoms with E-state index in [0.717, 1.165) is 5.56 Å². The lowest BCUT2D eigenvalue weighted by Gasteiger charge is -1.97.